The summed E-state index contributed by atoms with van der Waals surface area (Å²) in [5, 5.41) is 4.90. The van der Waals surface area contributed by atoms with E-state index < -0.39 is 0 Å². The Morgan fingerprint density at radius 3 is 2.37 bits per heavy atom. The van der Waals surface area contributed by atoms with Gasteiger partial charge in [0.2, 0.25) is 0 Å². The number of hydrogen-bond acceptors (Lipinski definition) is 3. The third-order valence-electron chi connectivity index (χ3n) is 4.42. The van der Waals surface area contributed by atoms with Gasteiger partial charge in [-0.25, -0.2) is 0 Å². The van der Waals surface area contributed by atoms with Gasteiger partial charge in [-0.05, 0) is 51.0 Å². The monoisotopic (exact) mass is 388 g/mol. The van der Waals surface area contributed by atoms with Crippen LogP contribution < -0.4 is 14.8 Å². The van der Waals surface area contributed by atoms with Crippen LogP contribution >= 0.6 is 12.4 Å². The lowest BCUT2D eigenvalue weighted by atomic mass is 9.94. The molecule has 0 bridgehead atoms. The fourth-order valence-electron chi connectivity index (χ4n) is 3.21. The van der Waals surface area contributed by atoms with Crippen molar-refractivity contribution in [2.75, 3.05) is 19.8 Å². The summed E-state index contributed by atoms with van der Waals surface area (Å²) in [5.41, 5.74) is 2.50. The summed E-state index contributed by atoms with van der Waals surface area (Å²) in [7, 11) is 0. The van der Waals surface area contributed by atoms with Crippen molar-refractivity contribution >= 4 is 23.3 Å². The van der Waals surface area contributed by atoms with Crippen molar-refractivity contribution in [3.05, 3.63) is 60.3 Å². The van der Waals surface area contributed by atoms with E-state index >= 15 is 0 Å². The van der Waals surface area contributed by atoms with Crippen LogP contribution in [-0.2, 0) is 6.42 Å². The maximum Gasteiger partial charge on any atom is 0.161 e. The van der Waals surface area contributed by atoms with E-state index in [9.17, 15) is 0 Å². The topological polar surface area (TPSA) is 46.3 Å². The summed E-state index contributed by atoms with van der Waals surface area (Å²) in [6, 6.07) is 16.2. The van der Waals surface area contributed by atoms with E-state index in [4.69, 9.17) is 9.47 Å². The normalized spacial score (nSPS) is 11.2. The maximum absolute atomic E-state index is 5.90. The summed E-state index contributed by atoms with van der Waals surface area (Å²) in [5.74, 6) is 1.60. The second kappa shape index (κ2) is 9.67. The smallest absolute Gasteiger partial charge is 0.161 e. The third kappa shape index (κ3) is 5.65. The molecule has 0 aliphatic heterocycles. The molecule has 2 aromatic carbocycles. The van der Waals surface area contributed by atoms with Gasteiger partial charge in [0.05, 0.1) is 6.61 Å². The molecule has 0 unspecified atom stereocenters. The average molecular weight is 389 g/mol. The molecule has 0 atom stereocenters. The lowest BCUT2D eigenvalue weighted by molar-refractivity contribution is 0.260. The molecule has 27 heavy (non-hydrogen) atoms. The highest BCUT2D eigenvalue weighted by molar-refractivity contribution is 5.85. The van der Waals surface area contributed by atoms with Crippen LogP contribution in [0.4, 0.5) is 0 Å². The zero-order valence-electron chi connectivity index (χ0n) is 16.2. The van der Waals surface area contributed by atoms with Crippen LogP contribution in [0.5, 0.6) is 11.5 Å². The molecule has 0 spiro atoms. The summed E-state index contributed by atoms with van der Waals surface area (Å²) >= 11 is 0. The van der Waals surface area contributed by atoms with Crippen molar-refractivity contribution < 1.29 is 9.47 Å². The molecule has 2 N–H and O–H groups in total. The first-order valence-corrected chi connectivity index (χ1v) is 9.24. The van der Waals surface area contributed by atoms with Crippen LogP contribution in [0.2, 0.25) is 0 Å². The highest BCUT2D eigenvalue weighted by Crippen LogP contribution is 2.26. The fourth-order valence-corrected chi connectivity index (χ4v) is 3.21. The highest BCUT2D eigenvalue weighted by atomic mass is 35.5. The van der Waals surface area contributed by atoms with Gasteiger partial charge in [0.25, 0.3) is 0 Å². The number of fused-ring (bicyclic) bond motifs is 1. The van der Waals surface area contributed by atoms with Gasteiger partial charge in [-0.1, -0.05) is 30.3 Å². The van der Waals surface area contributed by atoms with Crippen molar-refractivity contribution in [1.29, 1.82) is 0 Å². The van der Waals surface area contributed by atoms with Gasteiger partial charge in [0, 0.05) is 29.2 Å². The van der Waals surface area contributed by atoms with Crippen LogP contribution in [0, 0.1) is 0 Å². The maximum atomic E-state index is 5.90. The molecule has 0 aliphatic rings. The number of para-hydroxylation sites is 3. The van der Waals surface area contributed by atoms with E-state index in [1.54, 1.807) is 0 Å². The van der Waals surface area contributed by atoms with Crippen LogP contribution in [0.15, 0.2) is 54.7 Å². The fraction of sp³-hybridized carbons (Fsp3) is 0.364. The Bertz CT molecular complexity index is 845. The zero-order valence-corrected chi connectivity index (χ0v) is 17.1. The molecule has 0 saturated carbocycles. The largest absolute Gasteiger partial charge is 0.490 e. The zero-order chi connectivity index (χ0) is 18.4. The minimum atomic E-state index is -0.0201. The van der Waals surface area contributed by atoms with Crippen LogP contribution in [0.1, 0.15) is 26.3 Å². The second-order valence-corrected chi connectivity index (χ2v) is 7.08. The first-order valence-electron chi connectivity index (χ1n) is 9.24. The Hall–Kier alpha value is -2.17. The van der Waals surface area contributed by atoms with E-state index in [2.05, 4.69) is 54.6 Å². The highest BCUT2D eigenvalue weighted by Gasteiger charge is 2.19. The molecule has 3 aromatic rings. The predicted octanol–water partition coefficient (Wildman–Crippen LogP) is 4.98. The minimum absolute atomic E-state index is 0. The van der Waals surface area contributed by atoms with E-state index in [0.29, 0.717) is 13.2 Å². The number of aromatic amines is 1. The number of rotatable bonds is 9. The first-order chi connectivity index (χ1) is 12.6. The molecule has 0 amide bonds. The van der Waals surface area contributed by atoms with Crippen LogP contribution in [0.25, 0.3) is 10.9 Å². The predicted molar refractivity (Wildman–Crippen MR) is 114 cm³/mol. The molecule has 0 fully saturated rings. The van der Waals surface area contributed by atoms with E-state index in [1.807, 2.05) is 31.2 Å². The molecule has 0 aliphatic carbocycles. The quantitative estimate of drug-likeness (QED) is 0.508. The number of ether oxygens (including phenoxy) is 2. The van der Waals surface area contributed by atoms with Crippen molar-refractivity contribution in [3.8, 4) is 11.5 Å². The summed E-state index contributed by atoms with van der Waals surface area (Å²) in [6.45, 7) is 8.44. The Morgan fingerprint density at radius 1 is 0.963 bits per heavy atom. The van der Waals surface area contributed by atoms with Gasteiger partial charge in [-0.2, -0.15) is 0 Å². The van der Waals surface area contributed by atoms with Crippen molar-refractivity contribution in [3.63, 3.8) is 0 Å². The van der Waals surface area contributed by atoms with E-state index in [0.717, 1.165) is 24.5 Å². The molecule has 1 heterocycles. The Labute approximate surface area is 167 Å². The van der Waals surface area contributed by atoms with Crippen molar-refractivity contribution in [1.82, 2.24) is 10.3 Å². The van der Waals surface area contributed by atoms with Crippen LogP contribution in [0.3, 0.4) is 0 Å². The van der Waals surface area contributed by atoms with Gasteiger partial charge in [0.1, 0.15) is 6.61 Å². The van der Waals surface area contributed by atoms with Gasteiger partial charge in [0.15, 0.2) is 11.5 Å². The molecule has 1 aromatic heterocycles. The number of aromatic nitrogens is 1. The van der Waals surface area contributed by atoms with Crippen LogP contribution in [-0.4, -0.2) is 30.3 Å². The molecular formula is C22H29ClN2O2. The Kier molecular flexibility index (Phi) is 7.57. The van der Waals surface area contributed by atoms with Crippen molar-refractivity contribution in [2.45, 2.75) is 32.7 Å². The SMILES string of the molecule is CCOc1ccccc1OCCNC(C)(C)Cc1c[nH]c2ccccc12.Cl. The standard InChI is InChI=1S/C22H28N2O2.ClH/c1-4-25-20-11-7-8-12-21(20)26-14-13-24-22(2,3)15-17-16-23-19-10-6-5-9-18(17)19;/h5-12,16,23-24H,4,13-15H2,1-3H3;1H. The summed E-state index contributed by atoms with van der Waals surface area (Å²) in [6.07, 6.45) is 3.06. The van der Waals surface area contributed by atoms with Gasteiger partial charge >= 0.3 is 0 Å². The molecular weight excluding hydrogens is 360 g/mol. The number of halogens is 1. The molecule has 4 nitrogen and oxygen atoms in total. The molecule has 5 heteroatoms. The number of nitrogens with one attached hydrogen (secondary N) is 2. The van der Waals surface area contributed by atoms with Gasteiger partial charge in [-0.3, -0.25) is 0 Å². The number of H-pyrrole nitrogens is 1. The summed E-state index contributed by atoms with van der Waals surface area (Å²) < 4.78 is 11.5. The Balaban J connectivity index is 0.00000261. The Morgan fingerprint density at radius 2 is 1.63 bits per heavy atom. The van der Waals surface area contributed by atoms with Gasteiger partial charge < -0.3 is 19.8 Å². The average Bonchev–Trinajstić information content (AvgIpc) is 3.03. The van der Waals surface area contributed by atoms with E-state index in [-0.39, 0.29) is 17.9 Å². The second-order valence-electron chi connectivity index (χ2n) is 7.08. The lowest BCUT2D eigenvalue weighted by Gasteiger charge is -2.26. The van der Waals surface area contributed by atoms with Crippen molar-refractivity contribution in [2.24, 2.45) is 0 Å². The molecule has 0 radical (unpaired) electrons. The van der Waals surface area contributed by atoms with E-state index in [1.165, 1.54) is 16.5 Å². The molecule has 3 rings (SSSR count). The third-order valence-corrected chi connectivity index (χ3v) is 4.42. The molecule has 0 saturated heterocycles. The summed E-state index contributed by atoms with van der Waals surface area (Å²) in [4.78, 5) is 3.35. The lowest BCUT2D eigenvalue weighted by Crippen LogP contribution is -2.43. The molecule has 146 valence electrons. The minimum Gasteiger partial charge on any atom is -0.490 e. The number of benzene rings is 2. The first kappa shape index (κ1) is 21.1. The number of hydrogen-bond donors (Lipinski definition) is 2. The van der Waals surface area contributed by atoms with Gasteiger partial charge in [-0.15, -0.1) is 12.4 Å².